The molecule has 0 saturated heterocycles. The lowest BCUT2D eigenvalue weighted by Gasteiger charge is -2.60. The maximum Gasteiger partial charge on any atom is 0.273 e. The van der Waals surface area contributed by atoms with Crippen molar-refractivity contribution in [2.75, 3.05) is 0 Å². The molecular formula is C23H31NO4. The van der Waals surface area contributed by atoms with Gasteiger partial charge in [-0.1, -0.05) is 51.8 Å². The Bertz CT molecular complexity index is 804. The zero-order valence-electron chi connectivity index (χ0n) is 17.4. The van der Waals surface area contributed by atoms with Gasteiger partial charge in [0.1, 0.15) is 11.6 Å². The minimum atomic E-state index is -0.619. The third kappa shape index (κ3) is 3.19. The highest BCUT2D eigenvalue weighted by Gasteiger charge is 2.58. The van der Waals surface area contributed by atoms with Crippen LogP contribution in [0.25, 0.3) is 0 Å². The fourth-order valence-corrected chi connectivity index (χ4v) is 6.05. The van der Waals surface area contributed by atoms with E-state index in [2.05, 4.69) is 20.8 Å². The molecule has 28 heavy (non-hydrogen) atoms. The van der Waals surface area contributed by atoms with Crippen molar-refractivity contribution in [2.45, 2.75) is 72.1 Å². The molecule has 0 N–H and O–H groups in total. The molecule has 0 aliphatic heterocycles. The third-order valence-electron chi connectivity index (χ3n) is 8.25. The first-order valence-corrected chi connectivity index (χ1v) is 10.4. The molecule has 5 heteroatoms. The van der Waals surface area contributed by atoms with Crippen molar-refractivity contribution >= 4 is 17.3 Å². The zero-order valence-corrected chi connectivity index (χ0v) is 17.4. The molecule has 5 nitrogen and oxygen atoms in total. The average Bonchev–Trinajstić information content (AvgIpc) is 2.64. The highest BCUT2D eigenvalue weighted by molar-refractivity contribution is 5.87. The summed E-state index contributed by atoms with van der Waals surface area (Å²) in [6.45, 7) is 8.31. The fourth-order valence-electron chi connectivity index (χ4n) is 6.05. The number of nitrogens with zero attached hydrogens (tertiary/aromatic N) is 1. The molecule has 0 radical (unpaired) electrons. The van der Waals surface area contributed by atoms with E-state index in [1.165, 1.54) is 19.4 Å². The van der Waals surface area contributed by atoms with Crippen molar-refractivity contribution in [3.8, 4) is 0 Å². The van der Waals surface area contributed by atoms with Crippen LogP contribution in [0.15, 0.2) is 24.3 Å². The molecule has 2 unspecified atom stereocenters. The van der Waals surface area contributed by atoms with Crippen molar-refractivity contribution < 1.29 is 14.5 Å². The highest BCUT2D eigenvalue weighted by atomic mass is 16.6. The van der Waals surface area contributed by atoms with Crippen molar-refractivity contribution in [1.82, 2.24) is 0 Å². The lowest BCUT2D eigenvalue weighted by atomic mass is 9.44. The van der Waals surface area contributed by atoms with E-state index in [1.54, 1.807) is 18.2 Å². The monoisotopic (exact) mass is 385 g/mol. The van der Waals surface area contributed by atoms with E-state index in [1.807, 2.05) is 0 Å². The van der Waals surface area contributed by atoms with E-state index in [0.717, 1.165) is 19.3 Å². The summed E-state index contributed by atoms with van der Waals surface area (Å²) < 4.78 is 0. The highest BCUT2D eigenvalue weighted by Crippen LogP contribution is 2.63. The SMILES string of the molecule is CC(=O)C(CC1C(=O)CC[C@@]2(C)[C@H](C)CCC[C@@]12C)c1ccccc1[N+](=O)[O-]. The lowest BCUT2D eigenvalue weighted by Crippen LogP contribution is -2.55. The molecule has 2 saturated carbocycles. The smallest absolute Gasteiger partial charge is 0.273 e. The molecule has 3 rings (SSSR count). The summed E-state index contributed by atoms with van der Waals surface area (Å²) in [7, 11) is 0. The Morgan fingerprint density at radius 3 is 2.57 bits per heavy atom. The van der Waals surface area contributed by atoms with Crippen molar-refractivity contribution in [3.05, 3.63) is 39.9 Å². The number of hydrogen-bond acceptors (Lipinski definition) is 4. The van der Waals surface area contributed by atoms with Gasteiger partial charge in [-0.05, 0) is 42.9 Å². The van der Waals surface area contributed by atoms with Crippen LogP contribution in [0.1, 0.15) is 77.7 Å². The Morgan fingerprint density at radius 2 is 1.93 bits per heavy atom. The fraction of sp³-hybridized carbons (Fsp3) is 0.652. The predicted octanol–water partition coefficient (Wildman–Crippen LogP) is 5.47. The number of para-hydroxylation sites is 1. The second-order valence-electron chi connectivity index (χ2n) is 9.36. The molecule has 1 aromatic rings. The summed E-state index contributed by atoms with van der Waals surface area (Å²) in [5, 5.41) is 11.5. The largest absolute Gasteiger partial charge is 0.299 e. The molecule has 0 spiro atoms. The number of nitro groups is 1. The Hall–Kier alpha value is -2.04. The first-order valence-electron chi connectivity index (χ1n) is 10.4. The normalized spacial score (nSPS) is 33.8. The number of fused-ring (bicyclic) bond motifs is 1. The number of carbonyl (C=O) groups excluding carboxylic acids is 2. The number of carbonyl (C=O) groups is 2. The van der Waals surface area contributed by atoms with Crippen LogP contribution in [0, 0.1) is 32.8 Å². The summed E-state index contributed by atoms with van der Waals surface area (Å²) in [5.41, 5.74) is 0.300. The van der Waals surface area contributed by atoms with Gasteiger partial charge in [-0.15, -0.1) is 0 Å². The van der Waals surface area contributed by atoms with Gasteiger partial charge in [0.05, 0.1) is 4.92 Å². The van der Waals surface area contributed by atoms with Crippen LogP contribution < -0.4 is 0 Å². The number of hydrogen-bond donors (Lipinski definition) is 0. The van der Waals surface area contributed by atoms with E-state index in [9.17, 15) is 19.7 Å². The lowest BCUT2D eigenvalue weighted by molar-refractivity contribution is -0.385. The van der Waals surface area contributed by atoms with E-state index in [4.69, 9.17) is 0 Å². The van der Waals surface area contributed by atoms with Gasteiger partial charge in [0.2, 0.25) is 0 Å². The molecular weight excluding hydrogens is 354 g/mol. The molecule has 2 aliphatic carbocycles. The number of rotatable bonds is 5. The van der Waals surface area contributed by atoms with Crippen LogP contribution in [-0.4, -0.2) is 16.5 Å². The molecule has 0 amide bonds. The van der Waals surface area contributed by atoms with E-state index >= 15 is 0 Å². The average molecular weight is 386 g/mol. The van der Waals surface area contributed by atoms with Gasteiger partial charge in [-0.3, -0.25) is 19.7 Å². The standard InChI is InChI=1S/C23H31NO4/c1-15-8-7-12-23(4)19(21(26)11-13-22(15,23)3)14-18(16(2)25)17-9-5-6-10-20(17)24(27)28/h5-6,9-10,15,18-19H,7-8,11-14H2,1-4H3/t15-,18?,19?,22+,23+/m1/s1. The maximum atomic E-state index is 13.1. The molecule has 2 fully saturated rings. The summed E-state index contributed by atoms with van der Waals surface area (Å²) in [6, 6.07) is 6.46. The number of nitro benzene ring substituents is 1. The minimum Gasteiger partial charge on any atom is -0.299 e. The van der Waals surface area contributed by atoms with E-state index < -0.39 is 10.8 Å². The topological polar surface area (TPSA) is 77.3 Å². The molecule has 1 aromatic carbocycles. The van der Waals surface area contributed by atoms with Gasteiger partial charge >= 0.3 is 0 Å². The van der Waals surface area contributed by atoms with E-state index in [0.29, 0.717) is 24.3 Å². The number of ketones is 2. The summed E-state index contributed by atoms with van der Waals surface area (Å²) in [4.78, 5) is 36.7. The molecule has 0 bridgehead atoms. The van der Waals surface area contributed by atoms with Crippen LogP contribution in [0.2, 0.25) is 0 Å². The van der Waals surface area contributed by atoms with E-state index in [-0.39, 0.29) is 34.0 Å². The quantitative estimate of drug-likeness (QED) is 0.497. The Morgan fingerprint density at radius 1 is 1.25 bits per heavy atom. The minimum absolute atomic E-state index is 0.0316. The van der Waals surface area contributed by atoms with Gasteiger partial charge in [0, 0.05) is 29.9 Å². The third-order valence-corrected chi connectivity index (χ3v) is 8.25. The van der Waals surface area contributed by atoms with Crippen LogP contribution in [0.4, 0.5) is 5.69 Å². The molecule has 152 valence electrons. The molecule has 0 aromatic heterocycles. The van der Waals surface area contributed by atoms with Gasteiger partial charge in [-0.2, -0.15) is 0 Å². The predicted molar refractivity (Wildman–Crippen MR) is 108 cm³/mol. The van der Waals surface area contributed by atoms with Gasteiger partial charge < -0.3 is 0 Å². The van der Waals surface area contributed by atoms with Gasteiger partial charge in [0.15, 0.2) is 0 Å². The number of benzene rings is 1. The molecule has 5 atom stereocenters. The van der Waals surface area contributed by atoms with Gasteiger partial charge in [0.25, 0.3) is 5.69 Å². The molecule has 0 heterocycles. The van der Waals surface area contributed by atoms with Crippen LogP contribution in [-0.2, 0) is 9.59 Å². The Balaban J connectivity index is 2.02. The Kier molecular flexibility index (Phi) is 5.48. The van der Waals surface area contributed by atoms with Gasteiger partial charge in [-0.25, -0.2) is 0 Å². The second kappa shape index (κ2) is 7.41. The summed E-state index contributed by atoms with van der Waals surface area (Å²) in [5.74, 6) is -0.209. The van der Waals surface area contributed by atoms with Crippen molar-refractivity contribution in [3.63, 3.8) is 0 Å². The van der Waals surface area contributed by atoms with Crippen molar-refractivity contribution in [1.29, 1.82) is 0 Å². The Labute approximate surface area is 167 Å². The maximum absolute atomic E-state index is 13.1. The summed E-state index contributed by atoms with van der Waals surface area (Å²) in [6.07, 6.45) is 5.06. The first kappa shape index (κ1) is 20.7. The zero-order chi connectivity index (χ0) is 20.7. The second-order valence-corrected chi connectivity index (χ2v) is 9.36. The summed E-state index contributed by atoms with van der Waals surface area (Å²) >= 11 is 0. The van der Waals surface area contributed by atoms with Crippen molar-refractivity contribution in [2.24, 2.45) is 22.7 Å². The van der Waals surface area contributed by atoms with Crippen LogP contribution in [0.5, 0.6) is 0 Å². The number of Topliss-reactive ketones (excluding diaryl/α,β-unsaturated/α-hetero) is 2. The first-order chi connectivity index (χ1) is 13.1. The molecule has 2 aliphatic rings. The van der Waals surface area contributed by atoms with Crippen LogP contribution >= 0.6 is 0 Å². The van der Waals surface area contributed by atoms with Crippen LogP contribution in [0.3, 0.4) is 0 Å².